The molecule has 0 aliphatic rings. The molecule has 17 heavy (non-hydrogen) atoms. The summed E-state index contributed by atoms with van der Waals surface area (Å²) in [6, 6.07) is 8.43. The fraction of sp³-hybridized carbons (Fsp3) is 0.357. The van der Waals surface area contributed by atoms with Gasteiger partial charge in [-0.05, 0) is 24.6 Å². The maximum Gasteiger partial charge on any atom is 0.110 e. The molecule has 2 aromatic rings. The van der Waals surface area contributed by atoms with Crippen molar-refractivity contribution in [1.82, 2.24) is 15.3 Å². The van der Waals surface area contributed by atoms with Crippen molar-refractivity contribution in [3.8, 4) is 0 Å². The van der Waals surface area contributed by atoms with Gasteiger partial charge in [-0.2, -0.15) is 0 Å². The summed E-state index contributed by atoms with van der Waals surface area (Å²) >= 11 is 0. The van der Waals surface area contributed by atoms with E-state index in [0.29, 0.717) is 0 Å². The summed E-state index contributed by atoms with van der Waals surface area (Å²) in [6.45, 7) is 6.08. The molecule has 90 valence electrons. The van der Waals surface area contributed by atoms with Gasteiger partial charge in [0.15, 0.2) is 0 Å². The van der Waals surface area contributed by atoms with E-state index in [2.05, 4.69) is 53.4 Å². The van der Waals surface area contributed by atoms with Crippen molar-refractivity contribution in [1.29, 1.82) is 0 Å². The van der Waals surface area contributed by atoms with Crippen LogP contribution in [0.15, 0.2) is 30.5 Å². The number of H-pyrrole nitrogens is 1. The zero-order valence-corrected chi connectivity index (χ0v) is 10.5. The van der Waals surface area contributed by atoms with Crippen LogP contribution in [0.25, 0.3) is 0 Å². The normalized spacial score (nSPS) is 10.7. The van der Waals surface area contributed by atoms with E-state index >= 15 is 0 Å². The van der Waals surface area contributed by atoms with E-state index in [1.807, 2.05) is 6.20 Å². The van der Waals surface area contributed by atoms with Crippen LogP contribution in [0.2, 0.25) is 0 Å². The van der Waals surface area contributed by atoms with Gasteiger partial charge in [0, 0.05) is 24.9 Å². The molecule has 0 bridgehead atoms. The minimum absolute atomic E-state index is 0.858. The summed E-state index contributed by atoms with van der Waals surface area (Å²) in [5.74, 6) is 1.03. The molecule has 3 nitrogen and oxygen atoms in total. The summed E-state index contributed by atoms with van der Waals surface area (Å²) in [7, 11) is 0. The SMILES string of the molecule is CCNCc1cnc(Cc2ccccc2C)[nH]1. The van der Waals surface area contributed by atoms with Gasteiger partial charge in [-0.25, -0.2) is 4.98 Å². The molecular formula is C14H19N3. The molecule has 0 fully saturated rings. The predicted octanol–water partition coefficient (Wildman–Crippen LogP) is 2.42. The van der Waals surface area contributed by atoms with E-state index in [1.54, 1.807) is 0 Å². The highest BCUT2D eigenvalue weighted by Crippen LogP contribution is 2.11. The van der Waals surface area contributed by atoms with E-state index < -0.39 is 0 Å². The molecule has 0 aliphatic carbocycles. The number of benzene rings is 1. The lowest BCUT2D eigenvalue weighted by Gasteiger charge is -2.02. The standard InChI is InChI=1S/C14H19N3/c1-3-15-9-13-10-16-14(17-13)8-12-7-5-4-6-11(12)2/h4-7,10,15H,3,8-9H2,1-2H3,(H,16,17). The Morgan fingerprint density at radius 2 is 2.12 bits per heavy atom. The second kappa shape index (κ2) is 5.64. The fourth-order valence-corrected chi connectivity index (χ4v) is 1.83. The number of rotatable bonds is 5. The molecular weight excluding hydrogens is 210 g/mol. The van der Waals surface area contributed by atoms with E-state index in [9.17, 15) is 0 Å². The van der Waals surface area contributed by atoms with Gasteiger partial charge in [-0.15, -0.1) is 0 Å². The lowest BCUT2D eigenvalue weighted by Crippen LogP contribution is -2.11. The summed E-state index contributed by atoms with van der Waals surface area (Å²) in [4.78, 5) is 7.76. The van der Waals surface area contributed by atoms with Crippen LogP contribution in [0, 0.1) is 6.92 Å². The Morgan fingerprint density at radius 3 is 2.88 bits per heavy atom. The van der Waals surface area contributed by atoms with Crippen LogP contribution in [0.3, 0.4) is 0 Å². The van der Waals surface area contributed by atoms with Gasteiger partial charge in [0.05, 0.1) is 0 Å². The number of nitrogens with zero attached hydrogens (tertiary/aromatic N) is 1. The summed E-state index contributed by atoms with van der Waals surface area (Å²) in [5, 5.41) is 3.28. The van der Waals surface area contributed by atoms with Crippen LogP contribution < -0.4 is 5.32 Å². The summed E-state index contributed by atoms with van der Waals surface area (Å²) < 4.78 is 0. The van der Waals surface area contributed by atoms with Crippen molar-refractivity contribution in [2.45, 2.75) is 26.8 Å². The van der Waals surface area contributed by atoms with Gasteiger partial charge in [0.25, 0.3) is 0 Å². The first-order valence-electron chi connectivity index (χ1n) is 6.07. The lowest BCUT2D eigenvalue weighted by atomic mass is 10.1. The first kappa shape index (κ1) is 11.9. The Bertz CT molecular complexity index is 474. The van der Waals surface area contributed by atoms with E-state index in [0.717, 1.165) is 31.0 Å². The second-order valence-corrected chi connectivity index (χ2v) is 4.24. The second-order valence-electron chi connectivity index (χ2n) is 4.24. The molecule has 0 atom stereocenters. The molecule has 2 N–H and O–H groups in total. The molecule has 3 heteroatoms. The third kappa shape index (κ3) is 3.17. The summed E-state index contributed by atoms with van der Waals surface area (Å²) in [6.07, 6.45) is 2.79. The Hall–Kier alpha value is -1.61. The molecule has 0 saturated carbocycles. The van der Waals surface area contributed by atoms with Crippen molar-refractivity contribution in [2.75, 3.05) is 6.54 Å². The van der Waals surface area contributed by atoms with E-state index in [-0.39, 0.29) is 0 Å². The van der Waals surface area contributed by atoms with Gasteiger partial charge in [0.2, 0.25) is 0 Å². The Kier molecular flexibility index (Phi) is 3.94. The molecule has 0 amide bonds. The lowest BCUT2D eigenvalue weighted by molar-refractivity contribution is 0.712. The van der Waals surface area contributed by atoms with Crippen LogP contribution in [0.1, 0.15) is 29.6 Å². The quantitative estimate of drug-likeness (QED) is 0.826. The molecule has 0 aliphatic heterocycles. The Labute approximate surface area is 102 Å². The van der Waals surface area contributed by atoms with Crippen LogP contribution in [-0.4, -0.2) is 16.5 Å². The maximum atomic E-state index is 4.41. The Morgan fingerprint density at radius 1 is 1.29 bits per heavy atom. The van der Waals surface area contributed by atoms with Gasteiger partial charge in [-0.1, -0.05) is 31.2 Å². The topological polar surface area (TPSA) is 40.7 Å². The smallest absolute Gasteiger partial charge is 0.110 e. The largest absolute Gasteiger partial charge is 0.345 e. The highest BCUT2D eigenvalue weighted by Gasteiger charge is 2.03. The first-order chi connectivity index (χ1) is 8.29. The molecule has 0 spiro atoms. The van der Waals surface area contributed by atoms with Crippen molar-refractivity contribution in [3.63, 3.8) is 0 Å². The number of aromatic amines is 1. The van der Waals surface area contributed by atoms with Crippen LogP contribution in [0.4, 0.5) is 0 Å². The van der Waals surface area contributed by atoms with Crippen LogP contribution in [-0.2, 0) is 13.0 Å². The molecule has 1 aromatic heterocycles. The number of imidazole rings is 1. The average molecular weight is 229 g/mol. The number of aromatic nitrogens is 2. The van der Waals surface area contributed by atoms with Crippen LogP contribution >= 0.6 is 0 Å². The molecule has 1 aromatic carbocycles. The molecule has 0 saturated heterocycles. The maximum absolute atomic E-state index is 4.41. The van der Waals surface area contributed by atoms with E-state index in [4.69, 9.17) is 0 Å². The van der Waals surface area contributed by atoms with E-state index in [1.165, 1.54) is 11.1 Å². The fourth-order valence-electron chi connectivity index (χ4n) is 1.83. The van der Waals surface area contributed by atoms with Gasteiger partial charge >= 0.3 is 0 Å². The number of hydrogen-bond donors (Lipinski definition) is 2. The van der Waals surface area contributed by atoms with Gasteiger partial charge in [-0.3, -0.25) is 0 Å². The average Bonchev–Trinajstić information content (AvgIpc) is 2.77. The molecule has 1 heterocycles. The first-order valence-corrected chi connectivity index (χ1v) is 6.07. The zero-order chi connectivity index (χ0) is 12.1. The molecule has 0 unspecified atom stereocenters. The van der Waals surface area contributed by atoms with Gasteiger partial charge in [0.1, 0.15) is 5.82 Å². The monoisotopic (exact) mass is 229 g/mol. The van der Waals surface area contributed by atoms with Crippen molar-refractivity contribution >= 4 is 0 Å². The number of hydrogen-bond acceptors (Lipinski definition) is 2. The minimum atomic E-state index is 0.858. The molecule has 2 rings (SSSR count). The number of nitrogens with one attached hydrogen (secondary N) is 2. The molecule has 0 radical (unpaired) electrons. The zero-order valence-electron chi connectivity index (χ0n) is 10.5. The summed E-state index contributed by atoms with van der Waals surface area (Å²) in [5.41, 5.74) is 3.80. The van der Waals surface area contributed by atoms with Gasteiger partial charge < -0.3 is 10.3 Å². The number of aryl methyl sites for hydroxylation is 1. The van der Waals surface area contributed by atoms with Crippen molar-refractivity contribution in [3.05, 3.63) is 53.1 Å². The third-order valence-corrected chi connectivity index (χ3v) is 2.87. The predicted molar refractivity (Wildman–Crippen MR) is 70.0 cm³/mol. The highest BCUT2D eigenvalue weighted by molar-refractivity contribution is 5.28. The highest BCUT2D eigenvalue weighted by atomic mass is 15.0. The van der Waals surface area contributed by atoms with Crippen LogP contribution in [0.5, 0.6) is 0 Å². The Balaban J connectivity index is 2.04. The third-order valence-electron chi connectivity index (χ3n) is 2.87. The van der Waals surface area contributed by atoms with Crippen molar-refractivity contribution < 1.29 is 0 Å². The minimum Gasteiger partial charge on any atom is -0.345 e. The van der Waals surface area contributed by atoms with Crippen molar-refractivity contribution in [2.24, 2.45) is 0 Å².